The Morgan fingerprint density at radius 3 is 2.48 bits per heavy atom. The Morgan fingerprint density at radius 1 is 1.21 bits per heavy atom. The lowest BCUT2D eigenvalue weighted by Crippen LogP contribution is -2.22. The molecular formula is C22H29O6P. The Labute approximate surface area is 171 Å². The van der Waals surface area contributed by atoms with Gasteiger partial charge in [0.1, 0.15) is 0 Å². The number of rotatable bonds is 7. The molecule has 29 heavy (non-hydrogen) atoms. The third kappa shape index (κ3) is 4.99. The van der Waals surface area contributed by atoms with Crippen molar-refractivity contribution in [1.29, 1.82) is 0 Å². The number of hydrogen-bond donors (Lipinski definition) is 2. The van der Waals surface area contributed by atoms with Gasteiger partial charge in [0.2, 0.25) is 7.37 Å². The molecule has 1 fully saturated rings. The van der Waals surface area contributed by atoms with Crippen LogP contribution in [0.2, 0.25) is 0 Å². The Kier molecular flexibility index (Phi) is 6.65. The number of hydrogen-bond acceptors (Lipinski definition) is 4. The summed E-state index contributed by atoms with van der Waals surface area (Å²) >= 11 is 0. The molecule has 1 saturated carbocycles. The lowest BCUT2D eigenvalue weighted by molar-refractivity contribution is -0.132. The molecule has 158 valence electrons. The molecule has 7 heteroatoms. The molecule has 1 heterocycles. The average molecular weight is 420 g/mol. The van der Waals surface area contributed by atoms with Gasteiger partial charge in [-0.25, -0.2) is 9.59 Å². The number of carbonyl (C=O) groups is 2. The largest absolute Gasteiger partial charge is 0.478 e. The van der Waals surface area contributed by atoms with Crippen LogP contribution in [0, 0.1) is 11.8 Å². The summed E-state index contributed by atoms with van der Waals surface area (Å²) in [6.07, 6.45) is 3.46. The van der Waals surface area contributed by atoms with E-state index in [1.807, 2.05) is 13.8 Å². The zero-order chi connectivity index (χ0) is 21.2. The molecule has 2 N–H and O–H groups in total. The van der Waals surface area contributed by atoms with Gasteiger partial charge in [0.15, 0.2) is 6.10 Å². The van der Waals surface area contributed by atoms with Crippen molar-refractivity contribution >= 4 is 19.3 Å². The van der Waals surface area contributed by atoms with Gasteiger partial charge in [0.05, 0.1) is 17.3 Å². The summed E-state index contributed by atoms with van der Waals surface area (Å²) in [7, 11) is -3.68. The Bertz CT molecular complexity index is 866. The van der Waals surface area contributed by atoms with Crippen LogP contribution < -0.4 is 0 Å². The number of aliphatic carboxylic acids is 1. The molecule has 1 aromatic carbocycles. The van der Waals surface area contributed by atoms with E-state index in [1.165, 1.54) is 0 Å². The first-order valence-electron chi connectivity index (χ1n) is 10.3. The maximum Gasteiger partial charge on any atom is 0.339 e. The van der Waals surface area contributed by atoms with Crippen LogP contribution in [0.25, 0.3) is 0 Å². The molecule has 2 aliphatic rings. The van der Waals surface area contributed by atoms with Gasteiger partial charge in [-0.15, -0.1) is 0 Å². The van der Waals surface area contributed by atoms with E-state index in [0.717, 1.165) is 32.1 Å². The van der Waals surface area contributed by atoms with E-state index in [2.05, 4.69) is 0 Å². The van der Waals surface area contributed by atoms with Crippen LogP contribution in [0.3, 0.4) is 0 Å². The number of fused-ring (bicyclic) bond motifs is 1. The fourth-order valence-corrected chi connectivity index (χ4v) is 6.66. The molecule has 0 saturated heterocycles. The monoisotopic (exact) mass is 420 g/mol. The second kappa shape index (κ2) is 8.85. The smallest absolute Gasteiger partial charge is 0.339 e. The maximum absolute atomic E-state index is 12.8. The minimum Gasteiger partial charge on any atom is -0.478 e. The highest BCUT2D eigenvalue weighted by molar-refractivity contribution is 7.58. The van der Waals surface area contributed by atoms with Crippen molar-refractivity contribution in [3.63, 3.8) is 0 Å². The van der Waals surface area contributed by atoms with Crippen LogP contribution in [0.4, 0.5) is 0 Å². The van der Waals surface area contributed by atoms with Crippen LogP contribution in [-0.4, -0.2) is 34.3 Å². The number of carbonyl (C=O) groups excluding carboxylic acids is 1. The van der Waals surface area contributed by atoms with E-state index in [4.69, 9.17) is 4.74 Å². The molecule has 6 nitrogen and oxygen atoms in total. The predicted molar refractivity (Wildman–Crippen MR) is 110 cm³/mol. The molecule has 2 atom stereocenters. The standard InChI is InChI=1S/C22H29O6P/c1-14(2)12-29(26,27)13-18(21(23)24)19(15-8-4-3-5-9-15)20-16-10-6-7-11-17(16)22(25)28-20/h6-7,10-11,14-15,20H,3-5,8-9,12-13H2,1-2H3,(H,23,24)(H,26,27). The molecule has 0 amide bonds. The number of ether oxygens (including phenoxy) is 1. The van der Waals surface area contributed by atoms with Crippen molar-refractivity contribution in [1.82, 2.24) is 0 Å². The van der Waals surface area contributed by atoms with E-state index >= 15 is 0 Å². The number of cyclic esters (lactones) is 1. The normalized spacial score (nSPS) is 22.6. The summed E-state index contributed by atoms with van der Waals surface area (Å²) in [6, 6.07) is 6.99. The average Bonchev–Trinajstić information content (AvgIpc) is 2.98. The molecule has 0 aromatic heterocycles. The van der Waals surface area contributed by atoms with Crippen LogP contribution in [0.1, 0.15) is 68.0 Å². The van der Waals surface area contributed by atoms with Gasteiger partial charge < -0.3 is 14.7 Å². The quantitative estimate of drug-likeness (QED) is 0.374. The van der Waals surface area contributed by atoms with E-state index < -0.39 is 31.6 Å². The van der Waals surface area contributed by atoms with Gasteiger partial charge in [-0.3, -0.25) is 4.57 Å². The molecule has 0 bridgehead atoms. The first kappa shape index (κ1) is 21.8. The van der Waals surface area contributed by atoms with E-state index in [-0.39, 0.29) is 23.6 Å². The summed E-state index contributed by atoms with van der Waals surface area (Å²) in [5, 5.41) is 10.0. The van der Waals surface area contributed by atoms with Crippen LogP contribution in [-0.2, 0) is 14.1 Å². The maximum atomic E-state index is 12.8. The first-order valence-corrected chi connectivity index (χ1v) is 12.3. The second-order valence-corrected chi connectivity index (χ2v) is 10.9. The second-order valence-electron chi connectivity index (χ2n) is 8.53. The topological polar surface area (TPSA) is 101 Å². The lowest BCUT2D eigenvalue weighted by atomic mass is 9.78. The summed E-state index contributed by atoms with van der Waals surface area (Å²) < 4.78 is 18.4. The molecule has 1 aliphatic carbocycles. The number of carboxylic acid groups (broad SMARTS) is 1. The van der Waals surface area contributed by atoms with Gasteiger partial charge in [0, 0.05) is 11.7 Å². The molecule has 0 radical (unpaired) electrons. The highest BCUT2D eigenvalue weighted by atomic mass is 31.2. The van der Waals surface area contributed by atoms with Crippen molar-refractivity contribution < 1.29 is 28.9 Å². The lowest BCUT2D eigenvalue weighted by Gasteiger charge is -2.30. The minimum absolute atomic E-state index is 0.0240. The predicted octanol–water partition coefficient (Wildman–Crippen LogP) is 4.79. The molecule has 0 spiro atoms. The van der Waals surface area contributed by atoms with Gasteiger partial charge in [-0.2, -0.15) is 0 Å². The highest BCUT2D eigenvalue weighted by Crippen LogP contribution is 2.49. The van der Waals surface area contributed by atoms with Crippen LogP contribution in [0.15, 0.2) is 35.4 Å². The van der Waals surface area contributed by atoms with Gasteiger partial charge >= 0.3 is 11.9 Å². The minimum atomic E-state index is -3.68. The number of esters is 1. The first-order chi connectivity index (χ1) is 13.7. The molecular weight excluding hydrogens is 391 g/mol. The van der Waals surface area contributed by atoms with Gasteiger partial charge in [0.25, 0.3) is 0 Å². The van der Waals surface area contributed by atoms with Crippen molar-refractivity contribution in [2.75, 3.05) is 12.3 Å². The summed E-state index contributed by atoms with van der Waals surface area (Å²) in [4.78, 5) is 35.1. The Balaban J connectivity index is 2.11. The van der Waals surface area contributed by atoms with E-state index in [1.54, 1.807) is 24.3 Å². The van der Waals surface area contributed by atoms with E-state index in [9.17, 15) is 24.2 Å². The van der Waals surface area contributed by atoms with Gasteiger partial charge in [-0.1, -0.05) is 51.3 Å². The number of benzene rings is 1. The van der Waals surface area contributed by atoms with Crippen molar-refractivity contribution in [2.45, 2.75) is 52.1 Å². The number of carboxylic acids is 1. The third-order valence-electron chi connectivity index (χ3n) is 5.68. The zero-order valence-corrected chi connectivity index (χ0v) is 17.9. The molecule has 2 unspecified atom stereocenters. The highest BCUT2D eigenvalue weighted by Gasteiger charge is 2.40. The fraction of sp³-hybridized carbons (Fsp3) is 0.545. The van der Waals surface area contributed by atoms with Crippen molar-refractivity contribution in [3.05, 3.63) is 46.5 Å². The van der Waals surface area contributed by atoms with Crippen molar-refractivity contribution in [2.24, 2.45) is 11.8 Å². The summed E-state index contributed by atoms with van der Waals surface area (Å²) in [6.45, 7) is 3.67. The summed E-state index contributed by atoms with van der Waals surface area (Å²) in [5.41, 5.74) is 1.53. The van der Waals surface area contributed by atoms with E-state index in [0.29, 0.717) is 16.7 Å². The van der Waals surface area contributed by atoms with Crippen molar-refractivity contribution in [3.8, 4) is 0 Å². The van der Waals surface area contributed by atoms with Crippen LogP contribution >= 0.6 is 7.37 Å². The zero-order valence-electron chi connectivity index (χ0n) is 17.0. The summed E-state index contributed by atoms with van der Waals surface area (Å²) in [5.74, 6) is -1.77. The fourth-order valence-electron chi connectivity index (χ4n) is 4.57. The Morgan fingerprint density at radius 2 is 1.86 bits per heavy atom. The molecule has 3 rings (SSSR count). The molecule has 1 aromatic rings. The third-order valence-corrected chi connectivity index (χ3v) is 7.79. The Hall–Kier alpha value is -1.91. The van der Waals surface area contributed by atoms with Gasteiger partial charge in [-0.05, 0) is 36.3 Å². The van der Waals surface area contributed by atoms with Crippen LogP contribution in [0.5, 0.6) is 0 Å². The SMILES string of the molecule is CC(C)CP(=O)(O)CC(C(=O)O)=C(C1CCCCC1)C1OC(=O)c2ccccc21. The molecule has 1 aliphatic heterocycles.